The molecule has 3 aromatic rings. The summed E-state index contributed by atoms with van der Waals surface area (Å²) in [4.78, 5) is 27.1. The van der Waals surface area contributed by atoms with Gasteiger partial charge in [0.25, 0.3) is 17.6 Å². The van der Waals surface area contributed by atoms with Crippen molar-refractivity contribution in [2.45, 2.75) is 12.5 Å². The SMILES string of the molecule is O=C(O)CC(NC(=O)c1noc(-c2cccc(F)c2F)n1)c1ccc(F)cc1. The van der Waals surface area contributed by atoms with E-state index in [0.29, 0.717) is 5.56 Å². The summed E-state index contributed by atoms with van der Waals surface area (Å²) >= 11 is 0. The monoisotopic (exact) mass is 391 g/mol. The third-order valence-corrected chi connectivity index (χ3v) is 3.77. The molecule has 1 heterocycles. The minimum absolute atomic E-state index is 0.327. The van der Waals surface area contributed by atoms with Crippen LogP contribution in [-0.4, -0.2) is 27.1 Å². The van der Waals surface area contributed by atoms with Crippen LogP contribution < -0.4 is 5.32 Å². The van der Waals surface area contributed by atoms with Gasteiger partial charge in [-0.05, 0) is 29.8 Å². The van der Waals surface area contributed by atoms with E-state index in [0.717, 1.165) is 18.2 Å². The summed E-state index contributed by atoms with van der Waals surface area (Å²) in [6, 6.07) is 7.22. The first kappa shape index (κ1) is 19.1. The molecule has 7 nitrogen and oxygen atoms in total. The molecule has 0 aliphatic rings. The smallest absolute Gasteiger partial charge is 0.305 e. The molecule has 0 saturated carbocycles. The van der Waals surface area contributed by atoms with Gasteiger partial charge in [0.1, 0.15) is 5.82 Å². The molecule has 1 atom stereocenters. The van der Waals surface area contributed by atoms with Crippen LogP contribution in [0.2, 0.25) is 0 Å². The Kier molecular flexibility index (Phi) is 5.39. The van der Waals surface area contributed by atoms with Crippen LogP contribution in [0.3, 0.4) is 0 Å². The van der Waals surface area contributed by atoms with E-state index in [9.17, 15) is 22.8 Å². The average Bonchev–Trinajstić information content (AvgIpc) is 3.14. The molecule has 1 aromatic heterocycles. The number of carbonyl (C=O) groups is 2. The average molecular weight is 391 g/mol. The van der Waals surface area contributed by atoms with Gasteiger partial charge < -0.3 is 14.9 Å². The van der Waals surface area contributed by atoms with Gasteiger partial charge in [-0.1, -0.05) is 23.4 Å². The number of hydrogen-bond donors (Lipinski definition) is 2. The molecule has 0 spiro atoms. The molecule has 144 valence electrons. The van der Waals surface area contributed by atoms with Crippen molar-refractivity contribution in [3.05, 3.63) is 71.3 Å². The van der Waals surface area contributed by atoms with Crippen molar-refractivity contribution in [1.82, 2.24) is 15.5 Å². The van der Waals surface area contributed by atoms with Gasteiger partial charge in [0.15, 0.2) is 11.6 Å². The summed E-state index contributed by atoms with van der Waals surface area (Å²) in [7, 11) is 0. The van der Waals surface area contributed by atoms with Crippen molar-refractivity contribution >= 4 is 11.9 Å². The number of hydrogen-bond acceptors (Lipinski definition) is 5. The maximum atomic E-state index is 13.8. The van der Waals surface area contributed by atoms with Crippen LogP contribution in [-0.2, 0) is 4.79 Å². The van der Waals surface area contributed by atoms with Crippen LogP contribution in [0.5, 0.6) is 0 Å². The van der Waals surface area contributed by atoms with Crippen LogP contribution in [0.1, 0.15) is 28.6 Å². The maximum absolute atomic E-state index is 13.8. The number of benzene rings is 2. The van der Waals surface area contributed by atoms with Gasteiger partial charge in [-0.2, -0.15) is 4.98 Å². The topological polar surface area (TPSA) is 105 Å². The molecule has 2 aromatic carbocycles. The van der Waals surface area contributed by atoms with Crippen molar-refractivity contribution in [3.8, 4) is 11.5 Å². The number of rotatable bonds is 6. The van der Waals surface area contributed by atoms with Gasteiger partial charge in [0.05, 0.1) is 18.0 Å². The molecule has 10 heteroatoms. The summed E-state index contributed by atoms with van der Waals surface area (Å²) in [6.45, 7) is 0. The van der Waals surface area contributed by atoms with Crippen molar-refractivity contribution in [3.63, 3.8) is 0 Å². The number of carboxylic acids is 1. The number of aromatic nitrogens is 2. The Bertz CT molecular complexity index is 1020. The largest absolute Gasteiger partial charge is 0.481 e. The van der Waals surface area contributed by atoms with Gasteiger partial charge in [0, 0.05) is 0 Å². The zero-order valence-corrected chi connectivity index (χ0v) is 14.0. The van der Waals surface area contributed by atoms with Crippen LogP contribution in [0.15, 0.2) is 47.0 Å². The van der Waals surface area contributed by atoms with Crippen molar-refractivity contribution in [1.29, 1.82) is 0 Å². The number of amides is 1. The summed E-state index contributed by atoms with van der Waals surface area (Å²) < 4.78 is 45.0. The van der Waals surface area contributed by atoms with Gasteiger partial charge >= 0.3 is 5.97 Å². The molecule has 3 rings (SSSR count). The zero-order valence-electron chi connectivity index (χ0n) is 14.0. The fourth-order valence-corrected chi connectivity index (χ4v) is 2.44. The van der Waals surface area contributed by atoms with Crippen LogP contribution >= 0.6 is 0 Å². The van der Waals surface area contributed by atoms with Gasteiger partial charge in [-0.15, -0.1) is 0 Å². The van der Waals surface area contributed by atoms with Crippen LogP contribution in [0.25, 0.3) is 11.5 Å². The van der Waals surface area contributed by atoms with E-state index < -0.39 is 53.5 Å². The molecule has 0 fully saturated rings. The molecule has 0 aliphatic carbocycles. The van der Waals surface area contributed by atoms with E-state index in [4.69, 9.17) is 9.63 Å². The molecular formula is C18H12F3N3O4. The molecule has 0 radical (unpaired) electrons. The first-order valence-corrected chi connectivity index (χ1v) is 7.91. The Hall–Kier alpha value is -3.69. The maximum Gasteiger partial charge on any atom is 0.305 e. The third-order valence-electron chi connectivity index (χ3n) is 3.77. The van der Waals surface area contributed by atoms with Gasteiger partial charge in [0.2, 0.25) is 0 Å². The Morgan fingerprint density at radius 2 is 1.82 bits per heavy atom. The lowest BCUT2D eigenvalue weighted by Gasteiger charge is -2.16. The molecule has 1 amide bonds. The molecule has 1 unspecified atom stereocenters. The highest BCUT2D eigenvalue weighted by molar-refractivity contribution is 5.91. The van der Waals surface area contributed by atoms with Gasteiger partial charge in [-0.3, -0.25) is 9.59 Å². The standard InChI is InChI=1S/C18H12F3N3O4/c19-10-6-4-9(5-7-10)13(8-14(25)26)22-17(27)16-23-18(28-24-16)11-2-1-3-12(20)15(11)21/h1-7,13H,8H2,(H,22,27)(H,25,26). The fraction of sp³-hybridized carbons (Fsp3) is 0.111. The van der Waals surface area contributed by atoms with Crippen molar-refractivity contribution in [2.24, 2.45) is 0 Å². The second kappa shape index (κ2) is 7.91. The third kappa shape index (κ3) is 4.17. The highest BCUT2D eigenvalue weighted by atomic mass is 19.2. The van der Waals surface area contributed by atoms with Crippen LogP contribution in [0, 0.1) is 17.5 Å². The minimum Gasteiger partial charge on any atom is -0.481 e. The first-order chi connectivity index (χ1) is 13.3. The van der Waals surface area contributed by atoms with E-state index in [2.05, 4.69) is 15.5 Å². The van der Waals surface area contributed by atoms with Crippen molar-refractivity contribution < 1.29 is 32.4 Å². The number of halogens is 3. The summed E-state index contributed by atoms with van der Waals surface area (Å²) in [5.41, 5.74) is 0.0178. The number of aliphatic carboxylic acids is 1. The number of carboxylic acid groups (broad SMARTS) is 1. The highest BCUT2D eigenvalue weighted by Crippen LogP contribution is 2.23. The molecule has 28 heavy (non-hydrogen) atoms. The zero-order chi connectivity index (χ0) is 20.3. The predicted molar refractivity (Wildman–Crippen MR) is 88.5 cm³/mol. The lowest BCUT2D eigenvalue weighted by molar-refractivity contribution is -0.137. The summed E-state index contributed by atoms with van der Waals surface area (Å²) in [5.74, 6) is -5.89. The van der Waals surface area contributed by atoms with E-state index in [1.54, 1.807) is 0 Å². The Labute approximate surface area is 155 Å². The lowest BCUT2D eigenvalue weighted by Crippen LogP contribution is -2.31. The summed E-state index contributed by atoms with van der Waals surface area (Å²) in [6.07, 6.45) is -0.486. The number of carbonyl (C=O) groups excluding carboxylic acids is 1. The van der Waals surface area contributed by atoms with Crippen molar-refractivity contribution in [2.75, 3.05) is 0 Å². The molecular weight excluding hydrogens is 379 g/mol. The molecule has 2 N–H and O–H groups in total. The lowest BCUT2D eigenvalue weighted by atomic mass is 10.0. The molecule has 0 saturated heterocycles. The first-order valence-electron chi connectivity index (χ1n) is 7.91. The molecule has 0 bridgehead atoms. The quantitative estimate of drug-likeness (QED) is 0.669. The van der Waals surface area contributed by atoms with E-state index >= 15 is 0 Å². The fourth-order valence-electron chi connectivity index (χ4n) is 2.44. The second-order valence-corrected chi connectivity index (χ2v) is 5.70. The predicted octanol–water partition coefficient (Wildman–Crippen LogP) is 3.10. The number of nitrogens with zero attached hydrogens (tertiary/aromatic N) is 2. The van der Waals surface area contributed by atoms with Gasteiger partial charge in [-0.25, -0.2) is 13.2 Å². The van der Waals surface area contributed by atoms with E-state index in [1.807, 2.05) is 0 Å². The number of nitrogens with one attached hydrogen (secondary N) is 1. The second-order valence-electron chi connectivity index (χ2n) is 5.70. The highest BCUT2D eigenvalue weighted by Gasteiger charge is 2.24. The summed E-state index contributed by atoms with van der Waals surface area (Å²) in [5, 5.41) is 14.8. The van der Waals surface area contributed by atoms with E-state index in [-0.39, 0.29) is 5.56 Å². The Morgan fingerprint density at radius 1 is 1.11 bits per heavy atom. The molecule has 0 aliphatic heterocycles. The normalized spacial score (nSPS) is 11.8. The Morgan fingerprint density at radius 3 is 2.50 bits per heavy atom. The van der Waals surface area contributed by atoms with E-state index in [1.165, 1.54) is 24.3 Å². The van der Waals surface area contributed by atoms with Crippen LogP contribution in [0.4, 0.5) is 13.2 Å². The Balaban J connectivity index is 1.82. The minimum atomic E-state index is -1.21.